The standard InChI is InChI=1S/C26H32ClN3O3/c1-29-15-16-33-24(17-29)25(31)28-22-11-5-18(6-12-22)19-7-13-23(14-8-19)30(2)26(32)20-3-9-21(27)10-4-20/h3-6,9-12,19,23-24H,7-8,13-17H2,1-2H3,(H,28,31). The zero-order valence-corrected chi connectivity index (χ0v) is 20.1. The number of nitrogens with zero attached hydrogens (tertiary/aromatic N) is 2. The van der Waals surface area contributed by atoms with Crippen molar-refractivity contribution in [1.29, 1.82) is 0 Å². The molecular weight excluding hydrogens is 438 g/mol. The summed E-state index contributed by atoms with van der Waals surface area (Å²) < 4.78 is 5.59. The van der Waals surface area contributed by atoms with Crippen molar-refractivity contribution in [3.63, 3.8) is 0 Å². The van der Waals surface area contributed by atoms with Gasteiger partial charge in [-0.25, -0.2) is 0 Å². The lowest BCUT2D eigenvalue weighted by Gasteiger charge is -2.35. The maximum absolute atomic E-state index is 12.8. The first-order valence-electron chi connectivity index (χ1n) is 11.6. The first-order chi connectivity index (χ1) is 15.9. The molecule has 2 fully saturated rings. The van der Waals surface area contributed by atoms with Crippen LogP contribution in [0.1, 0.15) is 47.5 Å². The van der Waals surface area contributed by atoms with Gasteiger partial charge >= 0.3 is 0 Å². The Morgan fingerprint density at radius 1 is 1.03 bits per heavy atom. The number of anilines is 1. The monoisotopic (exact) mass is 469 g/mol. The average Bonchev–Trinajstić information content (AvgIpc) is 2.84. The highest BCUT2D eigenvalue weighted by Crippen LogP contribution is 2.35. The average molecular weight is 470 g/mol. The SMILES string of the molecule is CN1CCOC(C(=O)Nc2ccc(C3CCC(N(C)C(=O)c4ccc(Cl)cc4)CC3)cc2)C1. The van der Waals surface area contributed by atoms with Crippen LogP contribution in [0.25, 0.3) is 0 Å². The predicted octanol–water partition coefficient (Wildman–Crippen LogP) is 4.41. The largest absolute Gasteiger partial charge is 0.366 e. The van der Waals surface area contributed by atoms with Crippen molar-refractivity contribution in [2.24, 2.45) is 0 Å². The number of amides is 2. The van der Waals surface area contributed by atoms with Gasteiger partial charge < -0.3 is 19.9 Å². The Labute approximate surface area is 200 Å². The molecule has 0 bridgehead atoms. The third-order valence-corrected chi connectivity index (χ3v) is 7.12. The van der Waals surface area contributed by atoms with Gasteiger partial charge in [0.2, 0.25) is 0 Å². The number of nitrogens with one attached hydrogen (secondary N) is 1. The van der Waals surface area contributed by atoms with Gasteiger partial charge in [0.05, 0.1) is 6.61 Å². The number of carbonyl (C=O) groups excluding carboxylic acids is 2. The minimum Gasteiger partial charge on any atom is -0.366 e. The van der Waals surface area contributed by atoms with Crippen LogP contribution in [-0.2, 0) is 9.53 Å². The fourth-order valence-electron chi connectivity index (χ4n) is 4.76. The molecule has 1 aliphatic carbocycles. The van der Waals surface area contributed by atoms with E-state index in [0.717, 1.165) is 37.9 Å². The predicted molar refractivity (Wildman–Crippen MR) is 131 cm³/mol. The highest BCUT2D eigenvalue weighted by Gasteiger charge is 2.28. The molecule has 2 aliphatic rings. The van der Waals surface area contributed by atoms with E-state index >= 15 is 0 Å². The molecule has 4 rings (SSSR count). The maximum atomic E-state index is 12.8. The molecule has 1 aliphatic heterocycles. The van der Waals surface area contributed by atoms with E-state index in [0.29, 0.717) is 29.7 Å². The first kappa shape index (κ1) is 23.7. The quantitative estimate of drug-likeness (QED) is 0.704. The first-order valence-corrected chi connectivity index (χ1v) is 12.0. The van der Waals surface area contributed by atoms with Crippen LogP contribution in [0.15, 0.2) is 48.5 Å². The Bertz CT molecular complexity index is 956. The summed E-state index contributed by atoms with van der Waals surface area (Å²) in [4.78, 5) is 29.3. The van der Waals surface area contributed by atoms with Gasteiger partial charge in [-0.15, -0.1) is 0 Å². The Morgan fingerprint density at radius 3 is 2.33 bits per heavy atom. The van der Waals surface area contributed by atoms with E-state index in [2.05, 4.69) is 22.3 Å². The molecule has 1 unspecified atom stereocenters. The molecule has 1 heterocycles. The number of carbonyl (C=O) groups is 2. The van der Waals surface area contributed by atoms with Crippen LogP contribution in [0.5, 0.6) is 0 Å². The van der Waals surface area contributed by atoms with Crippen molar-refractivity contribution in [1.82, 2.24) is 9.80 Å². The summed E-state index contributed by atoms with van der Waals surface area (Å²) >= 11 is 5.94. The third kappa shape index (κ3) is 5.94. The fraction of sp³-hybridized carbons (Fsp3) is 0.462. The van der Waals surface area contributed by atoms with E-state index in [4.69, 9.17) is 16.3 Å². The lowest BCUT2D eigenvalue weighted by molar-refractivity contribution is -0.132. The van der Waals surface area contributed by atoms with Crippen molar-refractivity contribution in [3.05, 3.63) is 64.7 Å². The molecule has 1 saturated heterocycles. The number of hydrogen-bond acceptors (Lipinski definition) is 4. The highest BCUT2D eigenvalue weighted by atomic mass is 35.5. The summed E-state index contributed by atoms with van der Waals surface area (Å²) in [5.41, 5.74) is 2.75. The number of halogens is 1. The van der Waals surface area contributed by atoms with Crippen molar-refractivity contribution >= 4 is 29.1 Å². The molecule has 0 aromatic heterocycles. The molecule has 33 heavy (non-hydrogen) atoms. The lowest BCUT2D eigenvalue weighted by atomic mass is 9.81. The van der Waals surface area contributed by atoms with E-state index in [-0.39, 0.29) is 17.9 Å². The van der Waals surface area contributed by atoms with E-state index in [9.17, 15) is 9.59 Å². The molecule has 1 saturated carbocycles. The van der Waals surface area contributed by atoms with Crippen LogP contribution >= 0.6 is 11.6 Å². The van der Waals surface area contributed by atoms with Crippen LogP contribution in [0.3, 0.4) is 0 Å². The normalized spacial score (nSPS) is 23.7. The maximum Gasteiger partial charge on any atom is 0.254 e. The second kappa shape index (κ2) is 10.7. The number of morpholine rings is 1. The second-order valence-corrected chi connectivity index (χ2v) is 9.60. The van der Waals surface area contributed by atoms with Crippen LogP contribution in [0.2, 0.25) is 5.02 Å². The molecular formula is C26H32ClN3O3. The summed E-state index contributed by atoms with van der Waals surface area (Å²) in [6.45, 7) is 2.05. The van der Waals surface area contributed by atoms with Gasteiger partial charge in [0.25, 0.3) is 11.8 Å². The van der Waals surface area contributed by atoms with Gasteiger partial charge in [0.1, 0.15) is 6.10 Å². The number of likely N-dealkylation sites (N-methyl/N-ethyl adjacent to an activating group) is 1. The molecule has 1 N–H and O–H groups in total. The summed E-state index contributed by atoms with van der Waals surface area (Å²) in [6.07, 6.45) is 3.61. The smallest absolute Gasteiger partial charge is 0.254 e. The number of ether oxygens (including phenoxy) is 1. The Hall–Kier alpha value is -2.41. The van der Waals surface area contributed by atoms with Crippen LogP contribution in [-0.4, -0.2) is 67.6 Å². The Morgan fingerprint density at radius 2 is 1.70 bits per heavy atom. The zero-order valence-electron chi connectivity index (χ0n) is 19.3. The van der Waals surface area contributed by atoms with Gasteiger partial charge in [-0.05, 0) is 80.6 Å². The van der Waals surface area contributed by atoms with Crippen molar-refractivity contribution in [2.45, 2.75) is 43.7 Å². The van der Waals surface area contributed by atoms with E-state index in [1.165, 1.54) is 5.56 Å². The van der Waals surface area contributed by atoms with Gasteiger partial charge in [-0.2, -0.15) is 0 Å². The van der Waals surface area contributed by atoms with E-state index in [1.54, 1.807) is 24.3 Å². The molecule has 0 spiro atoms. The Kier molecular flexibility index (Phi) is 7.68. The van der Waals surface area contributed by atoms with Crippen LogP contribution in [0, 0.1) is 0 Å². The van der Waals surface area contributed by atoms with Crippen molar-refractivity contribution < 1.29 is 14.3 Å². The minimum atomic E-state index is -0.425. The molecule has 0 radical (unpaired) electrons. The molecule has 2 aromatic rings. The number of benzene rings is 2. The fourth-order valence-corrected chi connectivity index (χ4v) is 4.88. The second-order valence-electron chi connectivity index (χ2n) is 9.16. The van der Waals surface area contributed by atoms with Gasteiger partial charge in [-0.3, -0.25) is 9.59 Å². The minimum absolute atomic E-state index is 0.0448. The zero-order chi connectivity index (χ0) is 23.4. The molecule has 2 amide bonds. The van der Waals surface area contributed by atoms with Gasteiger partial charge in [-0.1, -0.05) is 23.7 Å². The molecule has 2 aromatic carbocycles. The molecule has 6 nitrogen and oxygen atoms in total. The van der Waals surface area contributed by atoms with Crippen LogP contribution in [0.4, 0.5) is 5.69 Å². The molecule has 1 atom stereocenters. The highest BCUT2D eigenvalue weighted by molar-refractivity contribution is 6.30. The molecule has 7 heteroatoms. The summed E-state index contributed by atoms with van der Waals surface area (Å²) in [5, 5.41) is 3.61. The number of rotatable bonds is 5. The third-order valence-electron chi connectivity index (χ3n) is 6.87. The van der Waals surface area contributed by atoms with Crippen LogP contribution < -0.4 is 5.32 Å². The summed E-state index contributed by atoms with van der Waals surface area (Å²) in [7, 11) is 3.89. The lowest BCUT2D eigenvalue weighted by Crippen LogP contribution is -2.46. The summed E-state index contributed by atoms with van der Waals surface area (Å²) in [5.74, 6) is 0.423. The topological polar surface area (TPSA) is 61.9 Å². The van der Waals surface area contributed by atoms with Gasteiger partial charge in [0.15, 0.2) is 0 Å². The van der Waals surface area contributed by atoms with Crippen molar-refractivity contribution in [3.8, 4) is 0 Å². The number of hydrogen-bond donors (Lipinski definition) is 1. The van der Waals surface area contributed by atoms with Crippen molar-refractivity contribution in [2.75, 3.05) is 39.1 Å². The Balaban J connectivity index is 1.28. The van der Waals surface area contributed by atoms with E-state index < -0.39 is 6.10 Å². The molecule has 176 valence electrons. The summed E-state index contributed by atoms with van der Waals surface area (Å²) in [6, 6.07) is 15.5. The van der Waals surface area contributed by atoms with E-state index in [1.807, 2.05) is 31.1 Å². The van der Waals surface area contributed by atoms with Gasteiger partial charge in [0, 0.05) is 42.5 Å².